The van der Waals surface area contributed by atoms with Crippen LogP contribution in [0.1, 0.15) is 46.0 Å². The smallest absolute Gasteiger partial charge is 0.220 e. The van der Waals surface area contributed by atoms with Crippen LogP contribution in [0.4, 0.5) is 0 Å². The first-order valence-electron chi connectivity index (χ1n) is 6.94. The van der Waals surface area contributed by atoms with Gasteiger partial charge in [-0.3, -0.25) is 4.79 Å². The lowest BCUT2D eigenvalue weighted by Crippen LogP contribution is -2.35. The first kappa shape index (κ1) is 16.4. The van der Waals surface area contributed by atoms with Crippen molar-refractivity contribution in [3.63, 3.8) is 0 Å². The molecular weight excluding hydrogens is 310 g/mol. The molecule has 0 aromatic carbocycles. The van der Waals surface area contributed by atoms with Crippen LogP contribution in [0.15, 0.2) is 0 Å². The largest absolute Gasteiger partial charge is 0.356 e. The van der Waals surface area contributed by atoms with Gasteiger partial charge in [-0.15, -0.1) is 0 Å². The van der Waals surface area contributed by atoms with Crippen molar-refractivity contribution in [1.82, 2.24) is 5.32 Å². The molecule has 0 bridgehead atoms. The lowest BCUT2D eigenvalue weighted by Gasteiger charge is -2.26. The molecule has 0 atom stereocenters. The van der Waals surface area contributed by atoms with Crippen molar-refractivity contribution >= 4 is 33.6 Å². The summed E-state index contributed by atoms with van der Waals surface area (Å²) in [5.74, 6) is 3.33. The highest BCUT2D eigenvalue weighted by molar-refractivity contribution is 9.09. The number of carbonyl (C=O) groups excluding carboxylic acids is 1. The van der Waals surface area contributed by atoms with Crippen LogP contribution in [-0.2, 0) is 4.79 Å². The summed E-state index contributed by atoms with van der Waals surface area (Å²) in [7, 11) is 0. The Hall–Kier alpha value is 0.300. The van der Waals surface area contributed by atoms with E-state index in [1.54, 1.807) is 0 Å². The van der Waals surface area contributed by atoms with Crippen molar-refractivity contribution in [1.29, 1.82) is 0 Å². The van der Waals surface area contributed by atoms with E-state index in [2.05, 4.69) is 35.1 Å². The topological polar surface area (TPSA) is 29.1 Å². The van der Waals surface area contributed by atoms with E-state index in [-0.39, 0.29) is 11.3 Å². The highest BCUT2D eigenvalue weighted by atomic mass is 79.9. The molecule has 0 aromatic rings. The molecular formula is C14H26BrNOS. The van der Waals surface area contributed by atoms with E-state index >= 15 is 0 Å². The third-order valence-corrected chi connectivity index (χ3v) is 5.18. The average Bonchev–Trinajstić information content (AvgIpc) is 2.36. The van der Waals surface area contributed by atoms with Gasteiger partial charge in [0.2, 0.25) is 5.91 Å². The molecule has 1 aliphatic heterocycles. The highest BCUT2D eigenvalue weighted by Gasteiger charge is 2.20. The second-order valence-corrected chi connectivity index (χ2v) is 8.01. The molecule has 1 saturated heterocycles. The van der Waals surface area contributed by atoms with E-state index in [1.165, 1.54) is 30.8 Å². The summed E-state index contributed by atoms with van der Waals surface area (Å²) in [5.41, 5.74) is 0.214. The summed E-state index contributed by atoms with van der Waals surface area (Å²) in [4.78, 5) is 11.9. The minimum atomic E-state index is 0.214. The van der Waals surface area contributed by atoms with Gasteiger partial charge in [-0.05, 0) is 48.5 Å². The van der Waals surface area contributed by atoms with Gasteiger partial charge in [-0.25, -0.2) is 0 Å². The zero-order valence-electron chi connectivity index (χ0n) is 11.6. The molecule has 1 heterocycles. The van der Waals surface area contributed by atoms with Gasteiger partial charge in [-0.1, -0.05) is 29.8 Å². The number of nitrogens with one attached hydrogen (secondary N) is 1. The number of rotatable bonds is 7. The van der Waals surface area contributed by atoms with Crippen LogP contribution in [0.5, 0.6) is 0 Å². The molecule has 0 aromatic heterocycles. The normalized spacial score (nSPS) is 17.7. The molecule has 1 N–H and O–H groups in total. The van der Waals surface area contributed by atoms with Crippen LogP contribution in [0.25, 0.3) is 0 Å². The molecule has 1 amide bonds. The standard InChI is InChI=1S/C14H26BrNOS/c1-14(2,6-3-7-15)11-16-13(17)10-12-4-8-18-9-5-12/h12H,3-11H2,1-2H3,(H,16,17). The zero-order chi connectivity index (χ0) is 13.4. The summed E-state index contributed by atoms with van der Waals surface area (Å²) in [6.07, 6.45) is 5.48. The Bertz CT molecular complexity index is 252. The molecule has 1 aliphatic rings. The average molecular weight is 336 g/mol. The van der Waals surface area contributed by atoms with E-state index in [4.69, 9.17) is 0 Å². The zero-order valence-corrected chi connectivity index (χ0v) is 14.0. The molecule has 1 fully saturated rings. The summed E-state index contributed by atoms with van der Waals surface area (Å²) in [5, 5.41) is 4.16. The molecule has 2 nitrogen and oxygen atoms in total. The number of amides is 1. The fourth-order valence-corrected chi connectivity index (χ4v) is 3.74. The van der Waals surface area contributed by atoms with E-state index in [0.29, 0.717) is 5.92 Å². The first-order chi connectivity index (χ1) is 8.53. The second kappa shape index (κ2) is 8.47. The second-order valence-electron chi connectivity index (χ2n) is 5.99. The van der Waals surface area contributed by atoms with Crippen LogP contribution in [-0.4, -0.2) is 29.3 Å². The van der Waals surface area contributed by atoms with Crippen molar-refractivity contribution in [3.8, 4) is 0 Å². The van der Waals surface area contributed by atoms with Crippen molar-refractivity contribution in [2.45, 2.75) is 46.0 Å². The van der Waals surface area contributed by atoms with Gasteiger partial charge in [0.15, 0.2) is 0 Å². The minimum Gasteiger partial charge on any atom is -0.356 e. The summed E-state index contributed by atoms with van der Waals surface area (Å²) in [6, 6.07) is 0. The molecule has 0 spiro atoms. The number of alkyl halides is 1. The van der Waals surface area contributed by atoms with Crippen LogP contribution < -0.4 is 5.32 Å². The molecule has 0 radical (unpaired) electrons. The number of thioether (sulfide) groups is 1. The fourth-order valence-electron chi connectivity index (χ4n) is 2.26. The number of hydrogen-bond acceptors (Lipinski definition) is 2. The lowest BCUT2D eigenvalue weighted by atomic mass is 9.88. The maximum atomic E-state index is 11.9. The number of hydrogen-bond donors (Lipinski definition) is 1. The quantitative estimate of drug-likeness (QED) is 0.716. The van der Waals surface area contributed by atoms with E-state index < -0.39 is 0 Å². The van der Waals surface area contributed by atoms with Gasteiger partial charge in [0, 0.05) is 18.3 Å². The SMILES string of the molecule is CC(C)(CCCBr)CNC(=O)CC1CCSCC1. The van der Waals surface area contributed by atoms with Gasteiger partial charge >= 0.3 is 0 Å². The Kier molecular flexibility index (Phi) is 7.69. The van der Waals surface area contributed by atoms with E-state index in [1.807, 2.05) is 11.8 Å². The van der Waals surface area contributed by atoms with Crippen LogP contribution in [0.2, 0.25) is 0 Å². The van der Waals surface area contributed by atoms with Crippen molar-refractivity contribution in [3.05, 3.63) is 0 Å². The van der Waals surface area contributed by atoms with Crippen molar-refractivity contribution < 1.29 is 4.79 Å². The monoisotopic (exact) mass is 335 g/mol. The third kappa shape index (κ3) is 7.03. The summed E-state index contributed by atoms with van der Waals surface area (Å²) >= 11 is 5.47. The molecule has 0 aliphatic carbocycles. The summed E-state index contributed by atoms with van der Waals surface area (Å²) < 4.78 is 0. The third-order valence-electron chi connectivity index (χ3n) is 3.57. The Balaban J connectivity index is 2.19. The van der Waals surface area contributed by atoms with Crippen LogP contribution >= 0.6 is 27.7 Å². The van der Waals surface area contributed by atoms with Gasteiger partial charge in [0.05, 0.1) is 0 Å². The van der Waals surface area contributed by atoms with Crippen LogP contribution in [0, 0.1) is 11.3 Å². The molecule has 106 valence electrons. The fraction of sp³-hybridized carbons (Fsp3) is 0.929. The predicted octanol–water partition coefficient (Wildman–Crippen LogP) is 3.84. The molecule has 4 heteroatoms. The Labute approximate surface area is 124 Å². The van der Waals surface area contributed by atoms with Crippen LogP contribution in [0.3, 0.4) is 0 Å². The van der Waals surface area contributed by atoms with Gasteiger partial charge in [-0.2, -0.15) is 11.8 Å². The maximum Gasteiger partial charge on any atom is 0.220 e. The highest BCUT2D eigenvalue weighted by Crippen LogP contribution is 2.25. The molecule has 0 unspecified atom stereocenters. The maximum absolute atomic E-state index is 11.9. The Morgan fingerprint density at radius 1 is 1.39 bits per heavy atom. The molecule has 18 heavy (non-hydrogen) atoms. The Morgan fingerprint density at radius 2 is 2.06 bits per heavy atom. The van der Waals surface area contributed by atoms with Gasteiger partial charge < -0.3 is 5.32 Å². The van der Waals surface area contributed by atoms with Crippen molar-refractivity contribution in [2.24, 2.45) is 11.3 Å². The van der Waals surface area contributed by atoms with E-state index in [0.717, 1.165) is 24.7 Å². The molecule has 1 rings (SSSR count). The Morgan fingerprint density at radius 3 is 2.67 bits per heavy atom. The van der Waals surface area contributed by atoms with Gasteiger partial charge in [0.1, 0.15) is 0 Å². The predicted molar refractivity (Wildman–Crippen MR) is 84.5 cm³/mol. The van der Waals surface area contributed by atoms with Crippen molar-refractivity contribution in [2.75, 3.05) is 23.4 Å². The molecule has 0 saturated carbocycles. The number of carbonyl (C=O) groups is 1. The summed E-state index contributed by atoms with van der Waals surface area (Å²) in [6.45, 7) is 5.26. The van der Waals surface area contributed by atoms with Gasteiger partial charge in [0.25, 0.3) is 0 Å². The number of halogens is 1. The van der Waals surface area contributed by atoms with E-state index in [9.17, 15) is 4.79 Å². The minimum absolute atomic E-state index is 0.214. The lowest BCUT2D eigenvalue weighted by molar-refractivity contribution is -0.122. The first-order valence-corrected chi connectivity index (χ1v) is 9.21.